The number of hydrogen-bond donors (Lipinski definition) is 0. The van der Waals surface area contributed by atoms with E-state index in [1.54, 1.807) is 12.1 Å². The Morgan fingerprint density at radius 1 is 1.70 bits per heavy atom. The molecule has 0 aromatic carbocycles. The summed E-state index contributed by atoms with van der Waals surface area (Å²) in [5, 5.41) is 11.1. The van der Waals surface area contributed by atoms with Crippen LogP contribution in [-0.4, -0.2) is 0 Å². The molecule has 0 spiro atoms. The van der Waals surface area contributed by atoms with E-state index in [9.17, 15) is 5.11 Å². The fourth-order valence-electron chi connectivity index (χ4n) is 0.879. The third-order valence-electron chi connectivity index (χ3n) is 1.41. The lowest BCUT2D eigenvalue weighted by Gasteiger charge is -2.00. The van der Waals surface area contributed by atoms with Gasteiger partial charge in [-0.2, -0.15) is 0 Å². The highest BCUT2D eigenvalue weighted by Crippen LogP contribution is 2.18. The van der Waals surface area contributed by atoms with Gasteiger partial charge in [-0.05, 0) is 18.6 Å². The molecule has 1 aromatic rings. The Morgan fingerprint density at radius 3 is 3.00 bits per heavy atom. The second-order valence-corrected chi connectivity index (χ2v) is 2.29. The van der Waals surface area contributed by atoms with Crippen molar-refractivity contribution < 1.29 is 9.52 Å². The third kappa shape index (κ3) is 1.61. The molecule has 1 atom stereocenters. The van der Waals surface area contributed by atoms with Gasteiger partial charge in [0.15, 0.2) is 6.10 Å². The largest absolute Gasteiger partial charge is 0.466 e. The van der Waals surface area contributed by atoms with Crippen LogP contribution in [0.4, 0.5) is 0 Å². The first kappa shape index (κ1) is 7.35. The van der Waals surface area contributed by atoms with E-state index < -0.39 is 6.10 Å². The van der Waals surface area contributed by atoms with Gasteiger partial charge in [-0.15, -0.1) is 0 Å². The van der Waals surface area contributed by atoms with Crippen molar-refractivity contribution in [3.63, 3.8) is 0 Å². The van der Waals surface area contributed by atoms with Crippen LogP contribution < -0.4 is 0 Å². The fourth-order valence-corrected chi connectivity index (χ4v) is 0.879. The Bertz CT molecular complexity index is 167. The lowest BCUT2D eigenvalue weighted by molar-refractivity contribution is 0.0611. The van der Waals surface area contributed by atoms with Gasteiger partial charge in [0.25, 0.3) is 0 Å². The van der Waals surface area contributed by atoms with Crippen LogP contribution in [0.25, 0.3) is 0 Å². The highest BCUT2D eigenvalue weighted by Gasteiger charge is 2.09. The molecule has 0 fully saturated rings. The molecule has 0 saturated heterocycles. The summed E-state index contributed by atoms with van der Waals surface area (Å²) >= 11 is 0. The predicted molar refractivity (Wildman–Crippen MR) is 37.0 cm³/mol. The summed E-state index contributed by atoms with van der Waals surface area (Å²) in [6.07, 6.45) is 2.44. The highest BCUT2D eigenvalue weighted by atomic mass is 16.4. The van der Waals surface area contributed by atoms with Crippen molar-refractivity contribution in [1.82, 2.24) is 0 Å². The first-order chi connectivity index (χ1) is 4.84. The molecule has 2 heteroatoms. The molecule has 0 saturated carbocycles. The van der Waals surface area contributed by atoms with Crippen molar-refractivity contribution in [1.29, 1.82) is 0 Å². The zero-order chi connectivity index (χ0) is 7.40. The molecule has 1 radical (unpaired) electrons. The van der Waals surface area contributed by atoms with E-state index in [2.05, 4.69) is 0 Å². The Kier molecular flexibility index (Phi) is 2.51. The summed E-state index contributed by atoms with van der Waals surface area (Å²) < 4.78 is 4.94. The monoisotopic (exact) mass is 139 g/mol. The van der Waals surface area contributed by atoms with E-state index in [4.69, 9.17) is 4.42 Å². The van der Waals surface area contributed by atoms with Crippen molar-refractivity contribution in [3.8, 4) is 0 Å². The second kappa shape index (κ2) is 3.42. The molecule has 1 aromatic heterocycles. The van der Waals surface area contributed by atoms with E-state index in [1.807, 2.05) is 6.92 Å². The molecule has 1 unspecified atom stereocenters. The minimum atomic E-state index is -0.667. The summed E-state index contributed by atoms with van der Waals surface area (Å²) in [5.41, 5.74) is 0. The molecular formula is C8H11O2. The molecule has 55 valence electrons. The molecule has 0 aliphatic carbocycles. The van der Waals surface area contributed by atoms with Crippen molar-refractivity contribution >= 4 is 0 Å². The van der Waals surface area contributed by atoms with Gasteiger partial charge in [-0.1, -0.05) is 13.3 Å². The first-order valence-electron chi connectivity index (χ1n) is 3.53. The van der Waals surface area contributed by atoms with Crippen LogP contribution in [-0.2, 0) is 5.11 Å². The third-order valence-corrected chi connectivity index (χ3v) is 1.41. The molecule has 1 rings (SSSR count). The van der Waals surface area contributed by atoms with E-state index in [0.717, 1.165) is 6.42 Å². The molecule has 0 N–H and O–H groups in total. The Morgan fingerprint density at radius 2 is 2.50 bits per heavy atom. The van der Waals surface area contributed by atoms with Crippen LogP contribution in [0.3, 0.4) is 0 Å². The minimum absolute atomic E-state index is 0.557. The molecular weight excluding hydrogens is 128 g/mol. The van der Waals surface area contributed by atoms with Crippen molar-refractivity contribution in [2.45, 2.75) is 25.9 Å². The van der Waals surface area contributed by atoms with E-state index in [1.165, 1.54) is 6.26 Å². The lowest BCUT2D eigenvalue weighted by atomic mass is 10.2. The molecule has 0 aliphatic heterocycles. The maximum absolute atomic E-state index is 11.1. The van der Waals surface area contributed by atoms with Crippen LogP contribution >= 0.6 is 0 Å². The summed E-state index contributed by atoms with van der Waals surface area (Å²) in [4.78, 5) is 0. The zero-order valence-electron chi connectivity index (χ0n) is 6.04. The van der Waals surface area contributed by atoms with Crippen LogP contribution in [0, 0.1) is 0 Å². The topological polar surface area (TPSA) is 33.0 Å². The van der Waals surface area contributed by atoms with Gasteiger partial charge in [-0.3, -0.25) is 0 Å². The minimum Gasteiger partial charge on any atom is -0.466 e. The van der Waals surface area contributed by atoms with Crippen LogP contribution in [0.1, 0.15) is 31.6 Å². The molecule has 2 nitrogen and oxygen atoms in total. The van der Waals surface area contributed by atoms with Crippen LogP contribution in [0.5, 0.6) is 0 Å². The van der Waals surface area contributed by atoms with Gasteiger partial charge < -0.3 is 4.42 Å². The van der Waals surface area contributed by atoms with Gasteiger partial charge in [-0.25, -0.2) is 5.11 Å². The standard InChI is InChI=1S/C8H11O2/c1-2-4-7(9)8-5-3-6-10-8/h3,5-7H,2,4H2,1H3. The summed E-state index contributed by atoms with van der Waals surface area (Å²) in [5.74, 6) is 0.557. The smallest absolute Gasteiger partial charge is 0.150 e. The van der Waals surface area contributed by atoms with E-state index in [-0.39, 0.29) is 0 Å². The van der Waals surface area contributed by atoms with E-state index >= 15 is 0 Å². The van der Waals surface area contributed by atoms with Gasteiger partial charge >= 0.3 is 0 Å². The molecule has 0 bridgehead atoms. The average molecular weight is 139 g/mol. The highest BCUT2D eigenvalue weighted by molar-refractivity contribution is 5.01. The van der Waals surface area contributed by atoms with Crippen molar-refractivity contribution in [2.75, 3.05) is 0 Å². The first-order valence-corrected chi connectivity index (χ1v) is 3.53. The molecule has 1 heterocycles. The molecule has 0 aliphatic rings. The zero-order valence-corrected chi connectivity index (χ0v) is 6.04. The average Bonchev–Trinajstić information content (AvgIpc) is 2.38. The number of furan rings is 1. The van der Waals surface area contributed by atoms with Crippen molar-refractivity contribution in [2.24, 2.45) is 0 Å². The van der Waals surface area contributed by atoms with Gasteiger partial charge in [0.1, 0.15) is 5.76 Å². The maximum Gasteiger partial charge on any atom is 0.150 e. The number of rotatable bonds is 3. The Hall–Kier alpha value is -0.760. The van der Waals surface area contributed by atoms with Gasteiger partial charge in [0.2, 0.25) is 0 Å². The van der Waals surface area contributed by atoms with Crippen LogP contribution in [0.15, 0.2) is 22.8 Å². The predicted octanol–water partition coefficient (Wildman–Crippen LogP) is 2.55. The van der Waals surface area contributed by atoms with Crippen LogP contribution in [0.2, 0.25) is 0 Å². The lowest BCUT2D eigenvalue weighted by Crippen LogP contribution is -1.91. The number of hydrogen-bond acceptors (Lipinski definition) is 1. The quantitative estimate of drug-likeness (QED) is 0.633. The van der Waals surface area contributed by atoms with Crippen molar-refractivity contribution in [3.05, 3.63) is 24.2 Å². The summed E-state index contributed by atoms with van der Waals surface area (Å²) in [6, 6.07) is 3.48. The summed E-state index contributed by atoms with van der Waals surface area (Å²) in [6.45, 7) is 1.99. The second-order valence-electron chi connectivity index (χ2n) is 2.29. The Balaban J connectivity index is 2.50. The van der Waals surface area contributed by atoms with Gasteiger partial charge in [0.05, 0.1) is 6.26 Å². The fraction of sp³-hybridized carbons (Fsp3) is 0.500. The molecule has 10 heavy (non-hydrogen) atoms. The normalized spacial score (nSPS) is 13.4. The maximum atomic E-state index is 11.1. The Labute approximate surface area is 60.5 Å². The molecule has 0 amide bonds. The van der Waals surface area contributed by atoms with E-state index in [0.29, 0.717) is 12.2 Å². The van der Waals surface area contributed by atoms with Gasteiger partial charge in [0, 0.05) is 0 Å². The summed E-state index contributed by atoms with van der Waals surface area (Å²) in [7, 11) is 0. The SMILES string of the molecule is CCCC([O])c1ccco1.